The van der Waals surface area contributed by atoms with E-state index in [0.717, 1.165) is 17.1 Å². The van der Waals surface area contributed by atoms with Crippen molar-refractivity contribution in [3.63, 3.8) is 0 Å². The summed E-state index contributed by atoms with van der Waals surface area (Å²) < 4.78 is 10.6. The Kier molecular flexibility index (Phi) is 5.88. The summed E-state index contributed by atoms with van der Waals surface area (Å²) in [6, 6.07) is 6.55. The minimum Gasteiger partial charge on any atom is -0.478 e. The van der Waals surface area contributed by atoms with E-state index < -0.39 is 13.6 Å². The Morgan fingerprint density at radius 2 is 1.78 bits per heavy atom. The van der Waals surface area contributed by atoms with Gasteiger partial charge in [-0.2, -0.15) is 0 Å². The van der Waals surface area contributed by atoms with E-state index in [-0.39, 0.29) is 11.7 Å². The van der Waals surface area contributed by atoms with E-state index in [0.29, 0.717) is 6.42 Å². The number of carbonyl (C=O) groups is 1. The predicted molar refractivity (Wildman–Crippen MR) is 70.3 cm³/mol. The second-order valence-electron chi connectivity index (χ2n) is 3.77. The third kappa shape index (κ3) is 6.21. The number of carboxylic acids is 1. The van der Waals surface area contributed by atoms with Crippen LogP contribution in [0.5, 0.6) is 0 Å². The summed E-state index contributed by atoms with van der Waals surface area (Å²) in [6.45, 7) is 0. The van der Waals surface area contributed by atoms with Gasteiger partial charge < -0.3 is 14.9 Å². The van der Waals surface area contributed by atoms with Gasteiger partial charge in [-0.25, -0.2) is 4.79 Å². The van der Waals surface area contributed by atoms with Gasteiger partial charge in [0, 0.05) is 11.1 Å². The van der Waals surface area contributed by atoms with E-state index >= 15 is 0 Å². The lowest BCUT2D eigenvalue weighted by Gasteiger charge is -2.04. The summed E-state index contributed by atoms with van der Waals surface area (Å²) in [5, 5.41) is 8.72. The molecular formula is C11H15O5PS. The Morgan fingerprint density at radius 3 is 2.28 bits per heavy atom. The van der Waals surface area contributed by atoms with Crippen LogP contribution in [-0.2, 0) is 4.57 Å². The second kappa shape index (κ2) is 6.95. The van der Waals surface area contributed by atoms with Crippen molar-refractivity contribution in [2.45, 2.75) is 17.7 Å². The highest BCUT2D eigenvalue weighted by molar-refractivity contribution is 7.99. The molecule has 0 saturated heterocycles. The number of carboxylic acid groups (broad SMARTS) is 1. The summed E-state index contributed by atoms with van der Waals surface area (Å²) in [5.74, 6) is -0.194. The smallest absolute Gasteiger partial charge is 0.335 e. The molecule has 0 aromatic heterocycles. The highest BCUT2D eigenvalue weighted by Gasteiger charge is 2.11. The molecule has 0 aliphatic rings. The first-order valence-corrected chi connectivity index (χ1v) is 8.17. The van der Waals surface area contributed by atoms with E-state index in [1.165, 1.54) is 0 Å². The molecule has 7 heteroatoms. The number of aromatic carboxylic acids is 1. The van der Waals surface area contributed by atoms with Crippen LogP contribution in [0, 0.1) is 0 Å². The van der Waals surface area contributed by atoms with Gasteiger partial charge in [0.1, 0.15) is 0 Å². The Hall–Kier alpha value is -0.810. The fraction of sp³-hybridized carbons (Fsp3) is 0.364. The molecule has 0 radical (unpaired) electrons. The summed E-state index contributed by atoms with van der Waals surface area (Å²) in [5.41, 5.74) is 0.251. The molecule has 3 N–H and O–H groups in total. The van der Waals surface area contributed by atoms with E-state index in [2.05, 4.69) is 0 Å². The van der Waals surface area contributed by atoms with Crippen LogP contribution >= 0.6 is 19.4 Å². The molecule has 0 aliphatic heterocycles. The molecule has 0 atom stereocenters. The normalized spacial score (nSPS) is 11.4. The maximum absolute atomic E-state index is 10.6. The van der Waals surface area contributed by atoms with Crippen molar-refractivity contribution in [2.75, 3.05) is 11.9 Å². The molecule has 0 unspecified atom stereocenters. The Balaban J connectivity index is 2.27. The van der Waals surface area contributed by atoms with Crippen LogP contribution in [0.3, 0.4) is 0 Å². The predicted octanol–water partition coefficient (Wildman–Crippen LogP) is 2.43. The zero-order valence-corrected chi connectivity index (χ0v) is 11.4. The van der Waals surface area contributed by atoms with Gasteiger partial charge in [-0.15, -0.1) is 11.8 Å². The average molecular weight is 290 g/mol. The van der Waals surface area contributed by atoms with E-state index in [9.17, 15) is 9.36 Å². The van der Waals surface area contributed by atoms with Gasteiger partial charge in [-0.3, -0.25) is 4.57 Å². The maximum Gasteiger partial charge on any atom is 0.335 e. The second-order valence-corrected chi connectivity index (χ2v) is 6.72. The quantitative estimate of drug-likeness (QED) is 0.405. The molecule has 0 amide bonds. The number of hydrogen-bond acceptors (Lipinski definition) is 3. The van der Waals surface area contributed by atoms with E-state index in [4.69, 9.17) is 14.9 Å². The molecular weight excluding hydrogens is 275 g/mol. The highest BCUT2D eigenvalue weighted by Crippen LogP contribution is 2.35. The van der Waals surface area contributed by atoms with Gasteiger partial charge >= 0.3 is 13.6 Å². The van der Waals surface area contributed by atoms with Gasteiger partial charge in [-0.05, 0) is 42.9 Å². The molecule has 0 bridgehead atoms. The van der Waals surface area contributed by atoms with Crippen LogP contribution in [0.25, 0.3) is 0 Å². The summed E-state index contributed by atoms with van der Waals surface area (Å²) >= 11 is 1.55. The largest absolute Gasteiger partial charge is 0.478 e. The summed E-state index contributed by atoms with van der Waals surface area (Å²) in [4.78, 5) is 28.9. The Labute approximate surface area is 109 Å². The third-order valence-corrected chi connectivity index (χ3v) is 4.21. The van der Waals surface area contributed by atoms with E-state index in [1.807, 2.05) is 0 Å². The number of rotatable bonds is 7. The Bertz CT molecular complexity index is 439. The average Bonchev–Trinajstić information content (AvgIpc) is 2.27. The Morgan fingerprint density at radius 1 is 1.17 bits per heavy atom. The molecule has 0 saturated carbocycles. The van der Waals surface area contributed by atoms with Crippen LogP contribution < -0.4 is 0 Å². The van der Waals surface area contributed by atoms with Crippen LogP contribution in [0.4, 0.5) is 0 Å². The molecule has 1 rings (SSSR count). The monoisotopic (exact) mass is 290 g/mol. The molecule has 1 aromatic rings. The fourth-order valence-electron chi connectivity index (χ4n) is 1.30. The first-order chi connectivity index (χ1) is 8.38. The van der Waals surface area contributed by atoms with Crippen molar-refractivity contribution in [3.8, 4) is 0 Å². The van der Waals surface area contributed by atoms with Crippen molar-refractivity contribution in [1.82, 2.24) is 0 Å². The van der Waals surface area contributed by atoms with Crippen LogP contribution in [0.1, 0.15) is 23.2 Å². The molecule has 18 heavy (non-hydrogen) atoms. The van der Waals surface area contributed by atoms with Crippen molar-refractivity contribution in [3.05, 3.63) is 29.8 Å². The van der Waals surface area contributed by atoms with Gasteiger partial charge in [-0.1, -0.05) is 0 Å². The SMILES string of the molecule is O=C(O)c1ccc(SCCCCP(=O)(O)O)cc1. The van der Waals surface area contributed by atoms with Crippen LogP contribution in [0.15, 0.2) is 29.2 Å². The zero-order chi connectivity index (χ0) is 13.6. The van der Waals surface area contributed by atoms with Gasteiger partial charge in [0.15, 0.2) is 0 Å². The zero-order valence-electron chi connectivity index (χ0n) is 9.65. The molecule has 5 nitrogen and oxygen atoms in total. The van der Waals surface area contributed by atoms with Crippen molar-refractivity contribution >= 4 is 25.3 Å². The van der Waals surface area contributed by atoms with E-state index in [1.54, 1.807) is 36.0 Å². The number of unbranched alkanes of at least 4 members (excludes halogenated alkanes) is 1. The van der Waals surface area contributed by atoms with Gasteiger partial charge in [0.25, 0.3) is 0 Å². The summed E-state index contributed by atoms with van der Waals surface area (Å²) in [7, 11) is -3.87. The molecule has 0 heterocycles. The standard InChI is InChI=1S/C11H15O5PS/c12-11(13)9-3-5-10(6-4-9)18-8-2-1-7-17(14,15)16/h3-6H,1-2,7-8H2,(H,12,13)(H2,14,15,16). The number of benzene rings is 1. The molecule has 100 valence electrons. The lowest BCUT2D eigenvalue weighted by Crippen LogP contribution is -1.94. The van der Waals surface area contributed by atoms with Crippen molar-refractivity contribution in [2.24, 2.45) is 0 Å². The minimum absolute atomic E-state index is 0.0779. The van der Waals surface area contributed by atoms with Gasteiger partial charge in [0.2, 0.25) is 0 Å². The molecule has 0 spiro atoms. The number of thioether (sulfide) groups is 1. The van der Waals surface area contributed by atoms with Crippen molar-refractivity contribution < 1.29 is 24.3 Å². The molecule has 0 fully saturated rings. The topological polar surface area (TPSA) is 94.8 Å². The highest BCUT2D eigenvalue weighted by atomic mass is 32.2. The lowest BCUT2D eigenvalue weighted by atomic mass is 10.2. The van der Waals surface area contributed by atoms with Gasteiger partial charge in [0.05, 0.1) is 5.56 Å². The summed E-state index contributed by atoms with van der Waals surface area (Å²) in [6.07, 6.45) is 1.13. The van der Waals surface area contributed by atoms with Crippen molar-refractivity contribution in [1.29, 1.82) is 0 Å². The number of hydrogen-bond donors (Lipinski definition) is 3. The fourth-order valence-corrected chi connectivity index (χ4v) is 2.85. The van der Waals surface area contributed by atoms with Crippen LogP contribution in [0.2, 0.25) is 0 Å². The first-order valence-electron chi connectivity index (χ1n) is 5.39. The molecule has 1 aromatic carbocycles. The lowest BCUT2D eigenvalue weighted by molar-refractivity contribution is 0.0696. The maximum atomic E-state index is 10.6. The molecule has 0 aliphatic carbocycles. The third-order valence-electron chi connectivity index (χ3n) is 2.21. The first kappa shape index (κ1) is 15.2. The van der Waals surface area contributed by atoms with Crippen LogP contribution in [-0.4, -0.2) is 32.8 Å². The minimum atomic E-state index is -3.87.